The molecule has 0 radical (unpaired) electrons. The SMILES string of the molecule is C/C=C\C(=C(C)C)/C(CCCC)=C(CCC/C(C)=C\C)/C(=C/CC(C)CC)CC.CC.CC.CC.CC.CC.CC.CCC(C)C.CCC1C[C@@H]1C.CCCC.CN. The molecule has 3 atom stereocenters. The van der Waals surface area contributed by atoms with Crippen LogP contribution in [0.4, 0.5) is 0 Å². The lowest BCUT2D eigenvalue weighted by Gasteiger charge is -2.21. The fourth-order valence-electron chi connectivity index (χ4n) is 4.69. The summed E-state index contributed by atoms with van der Waals surface area (Å²) in [7, 11) is 1.50. The van der Waals surface area contributed by atoms with E-state index >= 15 is 0 Å². The highest BCUT2D eigenvalue weighted by Gasteiger charge is 2.29. The molecule has 0 aromatic carbocycles. The smallest absolute Gasteiger partial charge is 0.0195 e. The van der Waals surface area contributed by atoms with Crippen molar-refractivity contribution >= 4 is 0 Å². The van der Waals surface area contributed by atoms with E-state index in [9.17, 15) is 0 Å². The summed E-state index contributed by atoms with van der Waals surface area (Å²) in [5.74, 6) is 3.82. The summed E-state index contributed by atoms with van der Waals surface area (Å²) < 4.78 is 0. The molecule has 1 aliphatic rings. The van der Waals surface area contributed by atoms with Gasteiger partial charge in [-0.05, 0) is 139 Å². The molecule has 1 aliphatic carbocycles. The van der Waals surface area contributed by atoms with Gasteiger partial charge in [0.1, 0.15) is 0 Å². The lowest BCUT2D eigenvalue weighted by molar-refractivity contribution is 0.569. The molecular formula is C57H125N. The summed E-state index contributed by atoms with van der Waals surface area (Å²) in [6.45, 7) is 60.1. The van der Waals surface area contributed by atoms with Crippen LogP contribution in [0.5, 0.6) is 0 Å². The first-order valence-corrected chi connectivity index (χ1v) is 25.8. The number of hydrogen-bond acceptors (Lipinski definition) is 1. The molecule has 0 amide bonds. The third kappa shape index (κ3) is 63.8. The van der Waals surface area contributed by atoms with E-state index in [2.05, 4.69) is 141 Å². The molecule has 1 rings (SSSR count). The van der Waals surface area contributed by atoms with Gasteiger partial charge in [0, 0.05) is 0 Å². The second kappa shape index (κ2) is 76.4. The first-order valence-electron chi connectivity index (χ1n) is 25.8. The van der Waals surface area contributed by atoms with Gasteiger partial charge in [-0.25, -0.2) is 0 Å². The Morgan fingerprint density at radius 3 is 1.28 bits per heavy atom. The molecule has 2 unspecified atom stereocenters. The van der Waals surface area contributed by atoms with Crippen molar-refractivity contribution in [2.24, 2.45) is 29.4 Å². The normalized spacial score (nSPS) is 14.0. The zero-order chi connectivity index (χ0) is 48.5. The Bertz CT molecular complexity index is 808. The van der Waals surface area contributed by atoms with Crippen molar-refractivity contribution in [2.45, 2.75) is 284 Å². The topological polar surface area (TPSA) is 26.0 Å². The van der Waals surface area contributed by atoms with Crippen LogP contribution >= 0.6 is 0 Å². The van der Waals surface area contributed by atoms with Crippen molar-refractivity contribution < 1.29 is 0 Å². The quantitative estimate of drug-likeness (QED) is 0.115. The Kier molecular flexibility index (Phi) is 106. The highest BCUT2D eigenvalue weighted by atomic mass is 14.4. The number of nitrogens with two attached hydrogens (primary N) is 1. The Labute approximate surface area is 376 Å². The molecule has 0 bridgehead atoms. The largest absolute Gasteiger partial charge is 0.333 e. The maximum absolute atomic E-state index is 4.50. The Morgan fingerprint density at radius 1 is 0.621 bits per heavy atom. The average molecular weight is 825 g/mol. The second-order valence-electron chi connectivity index (χ2n) is 14.0. The molecule has 0 heterocycles. The van der Waals surface area contributed by atoms with E-state index in [-0.39, 0.29) is 0 Å². The molecular weight excluding hydrogens is 699 g/mol. The van der Waals surface area contributed by atoms with Gasteiger partial charge >= 0.3 is 0 Å². The van der Waals surface area contributed by atoms with Gasteiger partial charge in [-0.1, -0.05) is 233 Å². The minimum Gasteiger partial charge on any atom is -0.333 e. The van der Waals surface area contributed by atoms with Gasteiger partial charge in [0.25, 0.3) is 0 Å². The first-order chi connectivity index (χ1) is 27.9. The molecule has 358 valence electrons. The third-order valence-electron chi connectivity index (χ3n) is 9.18. The maximum Gasteiger partial charge on any atom is -0.0195 e. The summed E-state index contributed by atoms with van der Waals surface area (Å²) in [5, 5.41) is 0. The standard InChI is InChI=1S/C29H50.C6H12.C5H12.C4H10.6C2H6.CH5N/c1-10-15-19-29(27(17-11-2)23(6)7)28(20-16-18-24(8)12-3)26(14-5)22-21-25(9)13-4;1-3-6-4-5(6)2;1-4-5(2)3;1-3-4-2;7*1-2/h11-12,17,22,25H,10,13-16,18-21H2,1-9H3;5-6H,3-4H2,1-2H3;5H,4H2,1-3H3;3-4H2,1-2H3;6*1-2H3;2H2,1H3/b17-11-,24-12-,26-22+,29-28+;;;;;;;;;;/t;5-,6?;;;;;;;;;/m.0........./s1. The molecule has 1 fully saturated rings. The summed E-state index contributed by atoms with van der Waals surface area (Å²) in [5.41, 5.74) is 13.8. The fourth-order valence-corrected chi connectivity index (χ4v) is 4.69. The maximum atomic E-state index is 4.50. The van der Waals surface area contributed by atoms with Crippen LogP contribution in [0, 0.1) is 23.7 Å². The van der Waals surface area contributed by atoms with Crippen molar-refractivity contribution in [1.82, 2.24) is 0 Å². The number of allylic oxidation sites excluding steroid dienone is 10. The highest BCUT2D eigenvalue weighted by Crippen LogP contribution is 2.39. The van der Waals surface area contributed by atoms with Crippen LogP contribution in [0.25, 0.3) is 0 Å². The van der Waals surface area contributed by atoms with Crippen LogP contribution in [-0.2, 0) is 0 Å². The van der Waals surface area contributed by atoms with E-state index < -0.39 is 0 Å². The minimum absolute atomic E-state index is 0.764. The van der Waals surface area contributed by atoms with Crippen molar-refractivity contribution in [1.29, 1.82) is 0 Å². The number of rotatable bonds is 17. The van der Waals surface area contributed by atoms with E-state index in [0.29, 0.717) is 0 Å². The lowest BCUT2D eigenvalue weighted by atomic mass is 9.84. The Balaban J connectivity index is -0.0000000802. The van der Waals surface area contributed by atoms with E-state index in [1.165, 1.54) is 107 Å². The molecule has 0 spiro atoms. The second-order valence-corrected chi connectivity index (χ2v) is 14.0. The van der Waals surface area contributed by atoms with E-state index in [1.54, 1.807) is 16.7 Å². The molecule has 2 N–H and O–H groups in total. The summed E-state index contributed by atoms with van der Waals surface area (Å²) in [6, 6.07) is 0. The van der Waals surface area contributed by atoms with Gasteiger partial charge in [0.2, 0.25) is 0 Å². The van der Waals surface area contributed by atoms with Gasteiger partial charge < -0.3 is 5.73 Å². The van der Waals surface area contributed by atoms with Gasteiger partial charge in [-0.2, -0.15) is 0 Å². The third-order valence-corrected chi connectivity index (χ3v) is 9.18. The van der Waals surface area contributed by atoms with E-state index in [0.717, 1.165) is 30.1 Å². The van der Waals surface area contributed by atoms with Crippen molar-refractivity contribution in [2.75, 3.05) is 7.05 Å². The Morgan fingerprint density at radius 2 is 1.03 bits per heavy atom. The van der Waals surface area contributed by atoms with Crippen molar-refractivity contribution in [3.05, 3.63) is 57.7 Å². The van der Waals surface area contributed by atoms with Crippen LogP contribution in [0.3, 0.4) is 0 Å². The fraction of sp³-hybridized carbons (Fsp3) is 0.825. The van der Waals surface area contributed by atoms with Crippen molar-refractivity contribution in [3.63, 3.8) is 0 Å². The van der Waals surface area contributed by atoms with Gasteiger partial charge in [0.05, 0.1) is 0 Å². The van der Waals surface area contributed by atoms with Crippen LogP contribution < -0.4 is 5.73 Å². The first kappa shape index (κ1) is 80.6. The molecule has 0 aliphatic heterocycles. The molecule has 1 saturated carbocycles. The van der Waals surface area contributed by atoms with Crippen molar-refractivity contribution in [3.8, 4) is 0 Å². The minimum atomic E-state index is 0.764. The van der Waals surface area contributed by atoms with Crippen LogP contribution in [0.15, 0.2) is 57.7 Å². The van der Waals surface area contributed by atoms with Crippen LogP contribution in [0.1, 0.15) is 284 Å². The summed E-state index contributed by atoms with van der Waals surface area (Å²) >= 11 is 0. The molecule has 0 aromatic heterocycles. The van der Waals surface area contributed by atoms with Crippen LogP contribution in [-0.4, -0.2) is 7.05 Å². The monoisotopic (exact) mass is 824 g/mol. The summed E-state index contributed by atoms with van der Waals surface area (Å²) in [6.07, 6.45) is 27.2. The van der Waals surface area contributed by atoms with Gasteiger partial charge in [-0.15, -0.1) is 0 Å². The molecule has 0 aromatic rings. The molecule has 1 heteroatoms. The van der Waals surface area contributed by atoms with E-state index in [4.69, 9.17) is 0 Å². The molecule has 58 heavy (non-hydrogen) atoms. The number of unbranched alkanes of at least 4 members (excludes halogenated alkanes) is 2. The number of hydrogen-bond donors (Lipinski definition) is 1. The van der Waals surface area contributed by atoms with Gasteiger partial charge in [-0.3, -0.25) is 0 Å². The lowest BCUT2D eigenvalue weighted by Crippen LogP contribution is -2.02. The molecule has 0 saturated heterocycles. The zero-order valence-corrected chi connectivity index (χ0v) is 47.1. The highest BCUT2D eigenvalue weighted by molar-refractivity contribution is 5.51. The predicted molar refractivity (Wildman–Crippen MR) is 287 cm³/mol. The van der Waals surface area contributed by atoms with Crippen LogP contribution in [0.2, 0.25) is 0 Å². The summed E-state index contributed by atoms with van der Waals surface area (Å²) in [4.78, 5) is 0. The van der Waals surface area contributed by atoms with Gasteiger partial charge in [0.15, 0.2) is 0 Å². The predicted octanol–water partition coefficient (Wildman–Crippen LogP) is 21.9. The average Bonchev–Trinajstić information content (AvgIpc) is 4.02. The van der Waals surface area contributed by atoms with E-state index in [1.807, 2.05) is 83.1 Å². The Hall–Kier alpha value is -1.34. The molecule has 1 nitrogen and oxygen atoms in total. The zero-order valence-electron chi connectivity index (χ0n) is 47.1.